The molecule has 34 heavy (non-hydrogen) atoms. The molecule has 0 aliphatic rings. The van der Waals surface area contributed by atoms with E-state index in [1.165, 1.54) is 31.0 Å². The normalized spacial score (nSPS) is 12.8. The molecule has 0 N–H and O–H groups in total. The first kappa shape index (κ1) is 24.5. The summed E-state index contributed by atoms with van der Waals surface area (Å²) in [5.74, 6) is 1.21. The number of benzene rings is 2. The Balaban J connectivity index is 1.59. The molecule has 4 aromatic rings. The zero-order valence-corrected chi connectivity index (χ0v) is 22.4. The molecular formula is C29H32N2OS2. The zero-order chi connectivity index (χ0) is 24.5. The molecule has 0 saturated carbocycles. The monoisotopic (exact) mass is 488 g/mol. The van der Waals surface area contributed by atoms with E-state index in [2.05, 4.69) is 82.4 Å². The maximum atomic E-state index is 6.00. The summed E-state index contributed by atoms with van der Waals surface area (Å²) in [5.41, 5.74) is 4.59. The third-order valence-electron chi connectivity index (χ3n) is 5.77. The highest BCUT2D eigenvalue weighted by molar-refractivity contribution is 8.02. The van der Waals surface area contributed by atoms with E-state index in [1.807, 2.05) is 35.1 Å². The Morgan fingerprint density at radius 3 is 2.65 bits per heavy atom. The first-order chi connectivity index (χ1) is 16.2. The average molecular weight is 489 g/mol. The van der Waals surface area contributed by atoms with Gasteiger partial charge in [0.25, 0.3) is 0 Å². The van der Waals surface area contributed by atoms with E-state index in [4.69, 9.17) is 4.42 Å². The Hall–Kier alpha value is -2.63. The highest BCUT2D eigenvalue weighted by atomic mass is 32.2. The van der Waals surface area contributed by atoms with Crippen molar-refractivity contribution < 1.29 is 4.42 Å². The lowest BCUT2D eigenvalue weighted by Crippen LogP contribution is -2.13. The molecule has 0 amide bonds. The molecule has 2 aromatic carbocycles. The fourth-order valence-corrected chi connectivity index (χ4v) is 6.40. The van der Waals surface area contributed by atoms with Crippen LogP contribution in [0, 0.1) is 12.8 Å². The maximum absolute atomic E-state index is 6.00. The number of furan rings is 1. The van der Waals surface area contributed by atoms with Gasteiger partial charge in [-0.05, 0) is 71.0 Å². The molecule has 0 fully saturated rings. The number of thiophene rings is 1. The van der Waals surface area contributed by atoms with E-state index < -0.39 is 0 Å². The number of nitrogens with zero attached hydrogens (tertiary/aromatic N) is 2. The van der Waals surface area contributed by atoms with Crippen LogP contribution in [0.4, 0.5) is 5.88 Å². The number of rotatable bonds is 7. The summed E-state index contributed by atoms with van der Waals surface area (Å²) in [6.45, 7) is 17.3. The van der Waals surface area contributed by atoms with Crippen LogP contribution in [-0.4, -0.2) is 12.6 Å². The van der Waals surface area contributed by atoms with Crippen LogP contribution in [-0.2, 0) is 11.8 Å². The number of aliphatic imine (C=N–C) groups is 2. The Morgan fingerprint density at radius 1 is 1.15 bits per heavy atom. The molecular weight excluding hydrogens is 456 g/mol. The molecule has 0 radical (unpaired) electrons. The van der Waals surface area contributed by atoms with Gasteiger partial charge < -0.3 is 4.42 Å². The second-order valence-electron chi connectivity index (χ2n) is 10.00. The summed E-state index contributed by atoms with van der Waals surface area (Å²) in [6, 6.07) is 12.6. The molecule has 3 nitrogen and oxygen atoms in total. The highest BCUT2D eigenvalue weighted by Gasteiger charge is 2.18. The number of fused-ring (bicyclic) bond motifs is 3. The topological polar surface area (TPSA) is 37.9 Å². The van der Waals surface area contributed by atoms with Crippen LogP contribution < -0.4 is 0 Å². The van der Waals surface area contributed by atoms with Crippen molar-refractivity contribution in [2.24, 2.45) is 15.9 Å². The molecule has 0 unspecified atom stereocenters. The molecule has 0 atom stereocenters. The first-order valence-corrected chi connectivity index (χ1v) is 13.3. The first-order valence-electron chi connectivity index (χ1n) is 11.6. The van der Waals surface area contributed by atoms with E-state index in [9.17, 15) is 0 Å². The number of hydrogen-bond donors (Lipinski definition) is 0. The van der Waals surface area contributed by atoms with E-state index >= 15 is 0 Å². The largest absolute Gasteiger partial charge is 0.438 e. The predicted octanol–water partition coefficient (Wildman–Crippen LogP) is 9.47. The summed E-state index contributed by atoms with van der Waals surface area (Å²) in [5, 5.41) is 4.29. The molecule has 5 heteroatoms. The molecule has 0 bridgehead atoms. The summed E-state index contributed by atoms with van der Waals surface area (Å²) >= 11 is 3.54. The van der Waals surface area contributed by atoms with Gasteiger partial charge in [-0.1, -0.05) is 59.0 Å². The van der Waals surface area contributed by atoms with Gasteiger partial charge >= 0.3 is 0 Å². The molecule has 176 valence electrons. The van der Waals surface area contributed by atoms with Gasteiger partial charge in [0, 0.05) is 37.5 Å². The van der Waals surface area contributed by atoms with Gasteiger partial charge in [0.2, 0.25) is 5.88 Å². The van der Waals surface area contributed by atoms with Crippen molar-refractivity contribution in [1.82, 2.24) is 0 Å². The van der Waals surface area contributed by atoms with Gasteiger partial charge in [0.05, 0.1) is 0 Å². The summed E-state index contributed by atoms with van der Waals surface area (Å²) < 4.78 is 7.31. The quantitative estimate of drug-likeness (QED) is 0.148. The van der Waals surface area contributed by atoms with Crippen molar-refractivity contribution in [2.75, 3.05) is 0 Å². The van der Waals surface area contributed by atoms with Crippen LogP contribution in [0.25, 0.3) is 21.1 Å². The molecule has 0 saturated heterocycles. The number of thioether (sulfide) groups is 1. The summed E-state index contributed by atoms with van der Waals surface area (Å²) in [4.78, 5) is 11.6. The predicted molar refractivity (Wildman–Crippen MR) is 152 cm³/mol. The van der Waals surface area contributed by atoms with Crippen LogP contribution in [0.5, 0.6) is 0 Å². The molecule has 0 aliphatic carbocycles. The van der Waals surface area contributed by atoms with Crippen LogP contribution in [0.1, 0.15) is 56.2 Å². The van der Waals surface area contributed by atoms with E-state index in [-0.39, 0.29) is 5.41 Å². The van der Waals surface area contributed by atoms with Gasteiger partial charge in [0.1, 0.15) is 11.9 Å². The van der Waals surface area contributed by atoms with Gasteiger partial charge in [-0.25, -0.2) is 9.98 Å². The second-order valence-corrected chi connectivity index (χ2v) is 12.1. The van der Waals surface area contributed by atoms with Crippen LogP contribution >= 0.6 is 23.1 Å². The summed E-state index contributed by atoms with van der Waals surface area (Å²) in [7, 11) is 0. The summed E-state index contributed by atoms with van der Waals surface area (Å²) in [6.07, 6.45) is 4.50. The van der Waals surface area contributed by atoms with Gasteiger partial charge in [0.15, 0.2) is 0 Å². The van der Waals surface area contributed by atoms with Crippen molar-refractivity contribution in [3.05, 3.63) is 70.0 Å². The average Bonchev–Trinajstić information content (AvgIpc) is 3.31. The fourth-order valence-electron chi connectivity index (χ4n) is 4.14. The lowest BCUT2D eigenvalue weighted by Gasteiger charge is -2.22. The van der Waals surface area contributed by atoms with E-state index in [0.29, 0.717) is 11.8 Å². The zero-order valence-electron chi connectivity index (χ0n) is 20.8. The minimum atomic E-state index is 0.0394. The SMILES string of the molecule is C=CSc1ccc(C=N/C=N\c2cc3c(ccc4sc(CC(C)C)c(C)c43)o2)cc1C(C)(C)C. The van der Waals surface area contributed by atoms with Crippen LogP contribution in [0.2, 0.25) is 0 Å². The lowest BCUT2D eigenvalue weighted by molar-refractivity contribution is 0.578. The van der Waals surface area contributed by atoms with Gasteiger partial charge in [-0.3, -0.25) is 0 Å². The molecule has 2 aromatic heterocycles. The minimum Gasteiger partial charge on any atom is -0.438 e. The molecule has 0 aliphatic heterocycles. The number of aryl methyl sites for hydroxylation is 1. The third-order valence-corrected chi connectivity index (χ3v) is 7.82. The van der Waals surface area contributed by atoms with Crippen LogP contribution in [0.15, 0.2) is 67.7 Å². The molecule has 2 heterocycles. The van der Waals surface area contributed by atoms with Crippen molar-refractivity contribution in [3.8, 4) is 0 Å². The van der Waals surface area contributed by atoms with Crippen molar-refractivity contribution in [1.29, 1.82) is 0 Å². The van der Waals surface area contributed by atoms with Crippen LogP contribution in [0.3, 0.4) is 0 Å². The van der Waals surface area contributed by atoms with E-state index in [0.717, 1.165) is 23.0 Å². The Kier molecular flexibility index (Phi) is 7.15. The standard InChI is InChI=1S/C29H32N2OS2/c1-8-33-24-11-9-20(14-22(24)29(5,6)7)16-30-17-31-27-15-21-23(32-27)10-12-25-28(21)19(4)26(34-25)13-18(2)3/h8-12,14-18H,1,13H2,2-7H3/b30-16?,31-17-. The smallest absolute Gasteiger partial charge is 0.221 e. The van der Waals surface area contributed by atoms with Crippen molar-refractivity contribution in [3.63, 3.8) is 0 Å². The lowest BCUT2D eigenvalue weighted by atomic mass is 9.86. The fraction of sp³-hybridized carbons (Fsp3) is 0.310. The Morgan fingerprint density at radius 2 is 1.94 bits per heavy atom. The van der Waals surface area contributed by atoms with Crippen molar-refractivity contribution >= 4 is 62.6 Å². The minimum absolute atomic E-state index is 0.0394. The molecule has 0 spiro atoms. The third kappa shape index (κ3) is 5.21. The maximum Gasteiger partial charge on any atom is 0.221 e. The number of hydrogen-bond acceptors (Lipinski definition) is 4. The van der Waals surface area contributed by atoms with E-state index in [1.54, 1.807) is 18.1 Å². The van der Waals surface area contributed by atoms with Gasteiger partial charge in [-0.15, -0.1) is 11.3 Å². The van der Waals surface area contributed by atoms with Crippen molar-refractivity contribution in [2.45, 2.75) is 58.3 Å². The highest BCUT2D eigenvalue weighted by Crippen LogP contribution is 2.39. The Bertz CT molecular complexity index is 1400. The van der Waals surface area contributed by atoms with Gasteiger partial charge in [-0.2, -0.15) is 0 Å². The molecule has 4 rings (SSSR count). The second kappa shape index (κ2) is 9.93. The Labute approximate surface area is 210 Å².